The first-order chi connectivity index (χ1) is 14.1. The highest BCUT2D eigenvalue weighted by atomic mass is 32.1. The van der Waals surface area contributed by atoms with Crippen LogP contribution < -0.4 is 10.2 Å². The highest BCUT2D eigenvalue weighted by Gasteiger charge is 2.16. The maximum atomic E-state index is 12.5. The molecule has 0 bridgehead atoms. The Morgan fingerprint density at radius 3 is 2.72 bits per heavy atom. The number of benzene rings is 1. The molecular weight excluding hydrogens is 388 g/mol. The Morgan fingerprint density at radius 2 is 2.00 bits per heavy atom. The van der Waals surface area contributed by atoms with Crippen molar-refractivity contribution in [2.75, 3.05) is 30.4 Å². The third-order valence-corrected chi connectivity index (χ3v) is 5.59. The van der Waals surface area contributed by atoms with Crippen molar-refractivity contribution in [3.63, 3.8) is 0 Å². The van der Waals surface area contributed by atoms with Gasteiger partial charge in [0.1, 0.15) is 16.5 Å². The molecule has 0 unspecified atom stereocenters. The fourth-order valence-corrected chi connectivity index (χ4v) is 3.98. The Morgan fingerprint density at radius 1 is 1.17 bits per heavy atom. The van der Waals surface area contributed by atoms with Crippen LogP contribution in [0.3, 0.4) is 0 Å². The number of carbonyl (C=O) groups is 2. The number of carbonyl (C=O) groups excluding carboxylic acids is 2. The zero-order chi connectivity index (χ0) is 20.2. The maximum Gasteiger partial charge on any atom is 0.337 e. The third-order valence-electron chi connectivity index (χ3n) is 4.70. The van der Waals surface area contributed by atoms with Crippen molar-refractivity contribution in [1.29, 1.82) is 0 Å². The number of amides is 1. The Hall–Kier alpha value is -3.26. The average Bonchev–Trinajstić information content (AvgIpc) is 3.46. The van der Waals surface area contributed by atoms with Crippen LogP contribution in [0.1, 0.15) is 33.7 Å². The van der Waals surface area contributed by atoms with Gasteiger partial charge < -0.3 is 15.0 Å². The second-order valence-corrected chi connectivity index (χ2v) is 7.52. The largest absolute Gasteiger partial charge is 0.465 e. The van der Waals surface area contributed by atoms with Gasteiger partial charge in [0.25, 0.3) is 5.91 Å². The molecule has 1 N–H and O–H groups in total. The number of nitrogens with zero attached hydrogens (tertiary/aromatic N) is 3. The Bertz CT molecular complexity index is 1030. The molecule has 7 nitrogen and oxygen atoms in total. The van der Waals surface area contributed by atoms with Gasteiger partial charge in [-0.3, -0.25) is 4.79 Å². The minimum atomic E-state index is -0.457. The molecule has 3 aromatic rings. The SMILES string of the molecule is COC(=O)c1cccc(NC(=O)c2csc(-c3ccc(N4CCCC4)nc3)n2)c1. The summed E-state index contributed by atoms with van der Waals surface area (Å²) < 4.78 is 4.70. The lowest BCUT2D eigenvalue weighted by Crippen LogP contribution is -2.18. The normalized spacial score (nSPS) is 13.3. The standard InChI is InChI=1S/C21H20N4O3S/c1-28-21(27)14-5-4-6-16(11-14)23-19(26)17-13-29-20(24-17)15-7-8-18(22-12-15)25-9-2-3-10-25/h4-8,11-13H,2-3,9-10H2,1H3,(H,23,26). The molecule has 0 spiro atoms. The Labute approximate surface area is 172 Å². The monoisotopic (exact) mass is 408 g/mol. The van der Waals surface area contributed by atoms with Crippen LogP contribution >= 0.6 is 11.3 Å². The molecule has 1 amide bonds. The Balaban J connectivity index is 1.46. The summed E-state index contributed by atoms with van der Waals surface area (Å²) in [4.78, 5) is 35.4. The van der Waals surface area contributed by atoms with E-state index in [1.54, 1.807) is 35.8 Å². The molecule has 1 saturated heterocycles. The van der Waals surface area contributed by atoms with Crippen LogP contribution in [0.5, 0.6) is 0 Å². The number of pyridine rings is 1. The van der Waals surface area contributed by atoms with E-state index < -0.39 is 5.97 Å². The Kier molecular flexibility index (Phi) is 5.53. The number of thiazole rings is 1. The highest BCUT2D eigenvalue weighted by Crippen LogP contribution is 2.26. The van der Waals surface area contributed by atoms with Gasteiger partial charge in [0.2, 0.25) is 0 Å². The summed E-state index contributed by atoms with van der Waals surface area (Å²) in [7, 11) is 1.32. The van der Waals surface area contributed by atoms with Crippen molar-refractivity contribution in [1.82, 2.24) is 9.97 Å². The van der Waals surface area contributed by atoms with Crippen LogP contribution in [-0.2, 0) is 4.74 Å². The summed E-state index contributed by atoms with van der Waals surface area (Å²) in [5, 5.41) is 5.21. The molecule has 0 aliphatic carbocycles. The van der Waals surface area contributed by atoms with Crippen LogP contribution in [0.25, 0.3) is 10.6 Å². The fraction of sp³-hybridized carbons (Fsp3) is 0.238. The number of rotatable bonds is 5. The molecule has 1 aliphatic rings. The molecule has 0 atom stereocenters. The number of ether oxygens (including phenoxy) is 1. The molecule has 0 saturated carbocycles. The smallest absolute Gasteiger partial charge is 0.337 e. The van der Waals surface area contributed by atoms with Gasteiger partial charge >= 0.3 is 5.97 Å². The van der Waals surface area contributed by atoms with Crippen molar-refractivity contribution in [2.24, 2.45) is 0 Å². The zero-order valence-corrected chi connectivity index (χ0v) is 16.7. The molecule has 148 valence electrons. The van der Waals surface area contributed by atoms with Crippen LogP contribution in [0.2, 0.25) is 0 Å². The molecule has 2 aromatic heterocycles. The molecule has 29 heavy (non-hydrogen) atoms. The van der Waals surface area contributed by atoms with Crippen LogP contribution in [0.15, 0.2) is 48.0 Å². The molecule has 8 heteroatoms. The minimum absolute atomic E-state index is 0.317. The summed E-state index contributed by atoms with van der Waals surface area (Å²) >= 11 is 1.39. The number of hydrogen-bond donors (Lipinski definition) is 1. The van der Waals surface area contributed by atoms with Gasteiger partial charge in [-0.05, 0) is 43.2 Å². The molecule has 1 aliphatic heterocycles. The number of anilines is 2. The van der Waals surface area contributed by atoms with Crippen LogP contribution in [-0.4, -0.2) is 42.0 Å². The van der Waals surface area contributed by atoms with Crippen molar-refractivity contribution in [3.05, 3.63) is 59.2 Å². The van der Waals surface area contributed by atoms with E-state index in [1.807, 2.05) is 12.1 Å². The lowest BCUT2D eigenvalue weighted by atomic mass is 10.2. The van der Waals surface area contributed by atoms with Gasteiger partial charge in [0.15, 0.2) is 0 Å². The lowest BCUT2D eigenvalue weighted by Gasteiger charge is -2.15. The van der Waals surface area contributed by atoms with E-state index in [4.69, 9.17) is 4.74 Å². The maximum absolute atomic E-state index is 12.5. The molecule has 1 fully saturated rings. The average molecular weight is 408 g/mol. The van der Waals surface area contributed by atoms with E-state index in [-0.39, 0.29) is 5.91 Å². The summed E-state index contributed by atoms with van der Waals surface area (Å²) in [6.07, 6.45) is 4.21. The van der Waals surface area contributed by atoms with Crippen molar-refractivity contribution in [2.45, 2.75) is 12.8 Å². The summed E-state index contributed by atoms with van der Waals surface area (Å²) in [6, 6.07) is 10.6. The molecular formula is C21H20N4O3S. The molecule has 1 aromatic carbocycles. The number of esters is 1. The number of methoxy groups -OCH3 is 1. The van der Waals surface area contributed by atoms with Gasteiger partial charge in [-0.2, -0.15) is 0 Å². The van der Waals surface area contributed by atoms with Gasteiger partial charge in [-0.15, -0.1) is 11.3 Å². The van der Waals surface area contributed by atoms with Gasteiger partial charge in [-0.25, -0.2) is 14.8 Å². The molecule has 4 rings (SSSR count). The number of aromatic nitrogens is 2. The van der Waals surface area contributed by atoms with Crippen molar-refractivity contribution in [3.8, 4) is 10.6 Å². The second-order valence-electron chi connectivity index (χ2n) is 6.66. The van der Waals surface area contributed by atoms with Crippen molar-refractivity contribution < 1.29 is 14.3 Å². The number of hydrogen-bond acceptors (Lipinski definition) is 7. The fourth-order valence-electron chi connectivity index (χ4n) is 3.19. The third kappa shape index (κ3) is 4.27. The highest BCUT2D eigenvalue weighted by molar-refractivity contribution is 7.13. The molecule has 0 radical (unpaired) electrons. The van der Waals surface area contributed by atoms with E-state index in [0.717, 1.165) is 29.5 Å². The second kappa shape index (κ2) is 8.40. The van der Waals surface area contributed by atoms with E-state index in [2.05, 4.69) is 20.2 Å². The minimum Gasteiger partial charge on any atom is -0.465 e. The number of nitrogens with one attached hydrogen (secondary N) is 1. The van der Waals surface area contributed by atoms with Crippen LogP contribution in [0.4, 0.5) is 11.5 Å². The topological polar surface area (TPSA) is 84.4 Å². The van der Waals surface area contributed by atoms with Crippen LogP contribution in [0, 0.1) is 0 Å². The summed E-state index contributed by atoms with van der Waals surface area (Å²) in [5.74, 6) is 0.185. The first kappa shape index (κ1) is 19.1. The van der Waals surface area contributed by atoms with Crippen molar-refractivity contribution >= 4 is 34.7 Å². The quantitative estimate of drug-likeness (QED) is 0.646. The first-order valence-corrected chi connectivity index (χ1v) is 10.2. The van der Waals surface area contributed by atoms with E-state index in [0.29, 0.717) is 16.9 Å². The summed E-state index contributed by atoms with van der Waals surface area (Å²) in [5.41, 5.74) is 2.07. The van der Waals surface area contributed by atoms with Gasteiger partial charge in [0, 0.05) is 35.9 Å². The molecule has 3 heterocycles. The van der Waals surface area contributed by atoms with Gasteiger partial charge in [0.05, 0.1) is 12.7 Å². The first-order valence-electron chi connectivity index (χ1n) is 9.30. The van der Waals surface area contributed by atoms with Gasteiger partial charge in [-0.1, -0.05) is 6.07 Å². The lowest BCUT2D eigenvalue weighted by molar-refractivity contribution is 0.0600. The predicted molar refractivity (Wildman–Crippen MR) is 113 cm³/mol. The van der Waals surface area contributed by atoms with E-state index in [9.17, 15) is 9.59 Å². The van der Waals surface area contributed by atoms with E-state index >= 15 is 0 Å². The zero-order valence-electron chi connectivity index (χ0n) is 15.9. The summed E-state index contributed by atoms with van der Waals surface area (Å²) in [6.45, 7) is 2.09. The predicted octanol–water partition coefficient (Wildman–Crippen LogP) is 3.84. The van der Waals surface area contributed by atoms with E-state index in [1.165, 1.54) is 31.3 Å².